The van der Waals surface area contributed by atoms with E-state index in [1.54, 1.807) is 0 Å². The first-order valence-electron chi connectivity index (χ1n) is 10.8. The molecule has 0 N–H and O–H groups in total. The molecule has 1 unspecified atom stereocenters. The first kappa shape index (κ1) is 21.1. The molecule has 160 valence electrons. The first-order chi connectivity index (χ1) is 15.1. The highest BCUT2D eigenvalue weighted by atomic mass is 16.6. The molecule has 0 radical (unpaired) electrons. The lowest BCUT2D eigenvalue weighted by atomic mass is 10.00. The molecule has 0 aromatic heterocycles. The van der Waals surface area contributed by atoms with Gasteiger partial charge in [-0.05, 0) is 29.2 Å². The van der Waals surface area contributed by atoms with Crippen molar-refractivity contribution >= 4 is 5.78 Å². The van der Waals surface area contributed by atoms with Gasteiger partial charge in [-0.1, -0.05) is 74.5 Å². The fraction of sp³-hybridized carbons (Fsp3) is 0.296. The second kappa shape index (κ2) is 9.80. The third-order valence-corrected chi connectivity index (χ3v) is 5.13. The SMILES string of the molecule is CC(C)CC(=O)c1ccc(OC(c2ccccc2)c2ccccc2)cc1OCC1CO1. The minimum absolute atomic E-state index is 0.0796. The Balaban J connectivity index is 1.63. The van der Waals surface area contributed by atoms with Crippen LogP contribution in [-0.4, -0.2) is 25.1 Å². The van der Waals surface area contributed by atoms with Gasteiger partial charge in [0.1, 0.15) is 30.3 Å². The summed E-state index contributed by atoms with van der Waals surface area (Å²) >= 11 is 0. The average Bonchev–Trinajstić information content (AvgIpc) is 3.61. The highest BCUT2D eigenvalue weighted by molar-refractivity contribution is 5.99. The van der Waals surface area contributed by atoms with Crippen LogP contribution >= 0.6 is 0 Å². The fourth-order valence-corrected chi connectivity index (χ4v) is 3.47. The Kier molecular flexibility index (Phi) is 6.68. The van der Waals surface area contributed by atoms with Crippen molar-refractivity contribution in [3.63, 3.8) is 0 Å². The Morgan fingerprint density at radius 2 is 1.58 bits per heavy atom. The van der Waals surface area contributed by atoms with Crippen LogP contribution in [0.3, 0.4) is 0 Å². The van der Waals surface area contributed by atoms with Crippen LogP contribution in [0.1, 0.15) is 47.9 Å². The summed E-state index contributed by atoms with van der Waals surface area (Å²) in [7, 11) is 0. The minimum Gasteiger partial charge on any atom is -0.490 e. The number of ether oxygens (including phenoxy) is 3. The van der Waals surface area contributed by atoms with Crippen molar-refractivity contribution in [1.82, 2.24) is 0 Å². The quantitative estimate of drug-likeness (QED) is 0.307. The van der Waals surface area contributed by atoms with Crippen LogP contribution < -0.4 is 9.47 Å². The first-order valence-corrected chi connectivity index (χ1v) is 10.8. The maximum absolute atomic E-state index is 12.8. The van der Waals surface area contributed by atoms with Crippen LogP contribution in [-0.2, 0) is 4.74 Å². The Bertz CT molecular complexity index is 955. The molecule has 31 heavy (non-hydrogen) atoms. The van der Waals surface area contributed by atoms with Gasteiger partial charge >= 0.3 is 0 Å². The van der Waals surface area contributed by atoms with E-state index in [0.717, 1.165) is 11.1 Å². The Labute approximate surface area is 183 Å². The zero-order valence-corrected chi connectivity index (χ0v) is 18.0. The van der Waals surface area contributed by atoms with Crippen LogP contribution in [0.15, 0.2) is 78.9 Å². The minimum atomic E-state index is -0.265. The number of ketones is 1. The molecule has 1 heterocycles. The van der Waals surface area contributed by atoms with E-state index in [1.165, 1.54) is 0 Å². The van der Waals surface area contributed by atoms with Crippen molar-refractivity contribution in [3.8, 4) is 11.5 Å². The number of Topliss-reactive ketones (excluding diaryl/α,β-unsaturated/α-hetero) is 1. The largest absolute Gasteiger partial charge is 0.490 e. The summed E-state index contributed by atoms with van der Waals surface area (Å²) in [6.07, 6.45) is 0.325. The van der Waals surface area contributed by atoms with Crippen LogP contribution in [0.4, 0.5) is 0 Å². The molecule has 1 fully saturated rings. The van der Waals surface area contributed by atoms with E-state index in [-0.39, 0.29) is 23.9 Å². The summed E-state index contributed by atoms with van der Waals surface area (Å²) in [4.78, 5) is 12.8. The van der Waals surface area contributed by atoms with Gasteiger partial charge in [0.25, 0.3) is 0 Å². The molecule has 0 saturated carbocycles. The normalized spacial score (nSPS) is 15.2. The van der Waals surface area contributed by atoms with Gasteiger partial charge in [0.2, 0.25) is 0 Å². The molecule has 1 atom stereocenters. The van der Waals surface area contributed by atoms with Crippen molar-refractivity contribution < 1.29 is 19.0 Å². The maximum Gasteiger partial charge on any atom is 0.166 e. The van der Waals surface area contributed by atoms with Crippen LogP contribution in [0, 0.1) is 5.92 Å². The van der Waals surface area contributed by atoms with Gasteiger partial charge in [0.05, 0.1) is 12.2 Å². The van der Waals surface area contributed by atoms with Crippen molar-refractivity contribution in [2.24, 2.45) is 5.92 Å². The Morgan fingerprint density at radius 3 is 2.13 bits per heavy atom. The zero-order chi connectivity index (χ0) is 21.6. The van der Waals surface area contributed by atoms with E-state index in [9.17, 15) is 4.79 Å². The smallest absolute Gasteiger partial charge is 0.166 e. The van der Waals surface area contributed by atoms with Crippen LogP contribution in [0.5, 0.6) is 11.5 Å². The van der Waals surface area contributed by atoms with Crippen molar-refractivity contribution in [2.75, 3.05) is 13.2 Å². The van der Waals surface area contributed by atoms with Gasteiger partial charge < -0.3 is 14.2 Å². The third-order valence-electron chi connectivity index (χ3n) is 5.13. The molecule has 0 bridgehead atoms. The summed E-state index contributed by atoms with van der Waals surface area (Å²) in [6, 6.07) is 25.7. The molecule has 0 spiro atoms. The van der Waals surface area contributed by atoms with E-state index in [0.29, 0.717) is 36.7 Å². The number of carbonyl (C=O) groups excluding carboxylic acids is 1. The molecular formula is C27H28O4. The number of hydrogen-bond donors (Lipinski definition) is 0. The van der Waals surface area contributed by atoms with Crippen molar-refractivity contribution in [1.29, 1.82) is 0 Å². The van der Waals surface area contributed by atoms with Gasteiger partial charge in [-0.15, -0.1) is 0 Å². The second-order valence-electron chi connectivity index (χ2n) is 8.26. The lowest BCUT2D eigenvalue weighted by Gasteiger charge is -2.21. The molecule has 3 aromatic carbocycles. The lowest BCUT2D eigenvalue weighted by molar-refractivity contribution is 0.0963. The van der Waals surface area contributed by atoms with Crippen LogP contribution in [0.2, 0.25) is 0 Å². The van der Waals surface area contributed by atoms with Crippen LogP contribution in [0.25, 0.3) is 0 Å². The van der Waals surface area contributed by atoms with E-state index in [1.807, 2.05) is 68.4 Å². The van der Waals surface area contributed by atoms with E-state index in [2.05, 4.69) is 24.3 Å². The number of epoxide rings is 1. The predicted octanol–water partition coefficient (Wildman–Crippen LogP) is 5.86. The molecule has 1 aliphatic heterocycles. The number of rotatable bonds is 10. The molecule has 0 amide bonds. The van der Waals surface area contributed by atoms with Gasteiger partial charge in [0.15, 0.2) is 5.78 Å². The average molecular weight is 417 g/mol. The number of benzene rings is 3. The molecule has 4 nitrogen and oxygen atoms in total. The van der Waals surface area contributed by atoms with Gasteiger partial charge in [-0.3, -0.25) is 4.79 Å². The second-order valence-corrected chi connectivity index (χ2v) is 8.26. The molecule has 4 heteroatoms. The maximum atomic E-state index is 12.8. The summed E-state index contributed by atoms with van der Waals surface area (Å²) in [5, 5.41) is 0. The van der Waals surface area contributed by atoms with Crippen molar-refractivity contribution in [2.45, 2.75) is 32.5 Å². The Morgan fingerprint density at radius 1 is 0.968 bits per heavy atom. The fourth-order valence-electron chi connectivity index (χ4n) is 3.47. The third kappa shape index (κ3) is 5.74. The monoisotopic (exact) mass is 416 g/mol. The topological polar surface area (TPSA) is 48.1 Å². The summed E-state index contributed by atoms with van der Waals surface area (Å²) in [5.41, 5.74) is 2.71. The summed E-state index contributed by atoms with van der Waals surface area (Å²) in [5.74, 6) is 1.57. The highest BCUT2D eigenvalue weighted by Crippen LogP contribution is 2.33. The van der Waals surface area contributed by atoms with Gasteiger partial charge in [-0.25, -0.2) is 0 Å². The van der Waals surface area contributed by atoms with E-state index >= 15 is 0 Å². The number of hydrogen-bond acceptors (Lipinski definition) is 4. The standard InChI is InChI=1S/C27H28O4/c1-19(2)15-25(28)24-14-13-22(16-26(24)30-18-23-17-29-23)31-27(20-9-5-3-6-10-20)21-11-7-4-8-12-21/h3-14,16,19,23,27H,15,17-18H2,1-2H3. The van der Waals surface area contributed by atoms with E-state index in [4.69, 9.17) is 14.2 Å². The molecule has 1 aliphatic rings. The molecule has 4 rings (SSSR count). The van der Waals surface area contributed by atoms with Crippen molar-refractivity contribution in [3.05, 3.63) is 95.6 Å². The predicted molar refractivity (Wildman–Crippen MR) is 121 cm³/mol. The molecule has 3 aromatic rings. The molecular weight excluding hydrogens is 388 g/mol. The molecule has 0 aliphatic carbocycles. The number of carbonyl (C=O) groups is 1. The summed E-state index contributed by atoms with van der Waals surface area (Å²) < 4.78 is 17.7. The highest BCUT2D eigenvalue weighted by Gasteiger charge is 2.25. The van der Waals surface area contributed by atoms with Gasteiger partial charge in [-0.2, -0.15) is 0 Å². The molecule has 1 saturated heterocycles. The zero-order valence-electron chi connectivity index (χ0n) is 18.0. The summed E-state index contributed by atoms with van der Waals surface area (Å²) in [6.45, 7) is 5.22. The van der Waals surface area contributed by atoms with E-state index < -0.39 is 0 Å². The Hall–Kier alpha value is -3.11. The lowest BCUT2D eigenvalue weighted by Crippen LogP contribution is -2.12. The van der Waals surface area contributed by atoms with Gasteiger partial charge in [0, 0.05) is 12.5 Å².